The Morgan fingerprint density at radius 2 is 1.76 bits per heavy atom. The van der Waals surface area contributed by atoms with E-state index in [9.17, 15) is 9.18 Å². The Morgan fingerprint density at radius 3 is 2.32 bits per heavy atom. The summed E-state index contributed by atoms with van der Waals surface area (Å²) in [5.41, 5.74) is 2.83. The molecule has 1 aliphatic rings. The molecule has 0 aromatic heterocycles. The average molecular weight is 342 g/mol. The van der Waals surface area contributed by atoms with E-state index in [-0.39, 0.29) is 17.3 Å². The number of methoxy groups -OCH3 is 1. The third kappa shape index (κ3) is 4.17. The maximum absolute atomic E-state index is 13.8. The van der Waals surface area contributed by atoms with Gasteiger partial charge in [0.2, 0.25) is 0 Å². The van der Waals surface area contributed by atoms with E-state index in [1.807, 2.05) is 30.3 Å². The number of halogens is 1. The van der Waals surface area contributed by atoms with Crippen molar-refractivity contribution in [2.75, 3.05) is 38.2 Å². The second kappa shape index (κ2) is 7.66. The highest BCUT2D eigenvalue weighted by Crippen LogP contribution is 2.21. The van der Waals surface area contributed by atoms with Crippen molar-refractivity contribution in [2.45, 2.75) is 13.5 Å². The predicted octanol–water partition coefficient (Wildman–Crippen LogP) is 3.36. The van der Waals surface area contributed by atoms with Crippen molar-refractivity contribution in [3.05, 3.63) is 59.4 Å². The standard InChI is InChI=1S/C20H23FN2O2/c1-15(24)17-4-6-18(7-5-17)23-11-9-22(10-12-23)14-16-3-8-20(25-2)19(21)13-16/h3-8,13H,9-12,14H2,1-2H3. The number of ketones is 1. The van der Waals surface area contributed by atoms with E-state index in [2.05, 4.69) is 9.80 Å². The molecule has 0 aliphatic carbocycles. The number of nitrogens with zero attached hydrogens (tertiary/aromatic N) is 2. The first-order valence-corrected chi connectivity index (χ1v) is 8.47. The number of piperazine rings is 1. The molecule has 0 saturated carbocycles. The first kappa shape index (κ1) is 17.4. The second-order valence-electron chi connectivity index (χ2n) is 6.34. The highest BCUT2D eigenvalue weighted by molar-refractivity contribution is 5.94. The summed E-state index contributed by atoms with van der Waals surface area (Å²) in [5.74, 6) is 0.0508. The number of Topliss-reactive ketones (excluding diaryl/α,β-unsaturated/α-hetero) is 1. The molecule has 5 heteroatoms. The van der Waals surface area contributed by atoms with Crippen LogP contribution in [-0.2, 0) is 6.54 Å². The lowest BCUT2D eigenvalue weighted by Gasteiger charge is -2.36. The van der Waals surface area contributed by atoms with Crippen LogP contribution in [0.5, 0.6) is 5.75 Å². The van der Waals surface area contributed by atoms with E-state index in [0.717, 1.165) is 49.5 Å². The average Bonchev–Trinajstić information content (AvgIpc) is 2.63. The fraction of sp³-hybridized carbons (Fsp3) is 0.350. The van der Waals surface area contributed by atoms with Gasteiger partial charge in [0.15, 0.2) is 17.3 Å². The van der Waals surface area contributed by atoms with Gasteiger partial charge in [-0.15, -0.1) is 0 Å². The molecule has 4 nitrogen and oxygen atoms in total. The minimum Gasteiger partial charge on any atom is -0.494 e. The summed E-state index contributed by atoms with van der Waals surface area (Å²) in [5, 5.41) is 0. The van der Waals surface area contributed by atoms with Gasteiger partial charge in [-0.1, -0.05) is 6.07 Å². The Morgan fingerprint density at radius 1 is 1.08 bits per heavy atom. The summed E-state index contributed by atoms with van der Waals surface area (Å²) in [4.78, 5) is 16.0. The first-order chi connectivity index (χ1) is 12.1. The highest BCUT2D eigenvalue weighted by atomic mass is 19.1. The number of anilines is 1. The second-order valence-corrected chi connectivity index (χ2v) is 6.34. The quantitative estimate of drug-likeness (QED) is 0.780. The molecule has 3 rings (SSSR count). The molecule has 1 heterocycles. The van der Waals surface area contributed by atoms with Crippen LogP contribution < -0.4 is 9.64 Å². The third-order valence-electron chi connectivity index (χ3n) is 4.63. The minimum atomic E-state index is -0.316. The van der Waals surface area contributed by atoms with Crippen LogP contribution in [0.25, 0.3) is 0 Å². The molecule has 0 radical (unpaired) electrons. The van der Waals surface area contributed by atoms with Gasteiger partial charge >= 0.3 is 0 Å². The Kier molecular flexibility index (Phi) is 5.34. The summed E-state index contributed by atoms with van der Waals surface area (Å²) in [6.07, 6.45) is 0. The summed E-state index contributed by atoms with van der Waals surface area (Å²) < 4.78 is 18.8. The fourth-order valence-electron chi connectivity index (χ4n) is 3.14. The topological polar surface area (TPSA) is 32.8 Å². The lowest BCUT2D eigenvalue weighted by molar-refractivity contribution is 0.101. The van der Waals surface area contributed by atoms with Gasteiger partial charge in [0.05, 0.1) is 7.11 Å². The van der Waals surface area contributed by atoms with Crippen LogP contribution in [0.4, 0.5) is 10.1 Å². The van der Waals surface area contributed by atoms with Crippen LogP contribution in [0.2, 0.25) is 0 Å². The lowest BCUT2D eigenvalue weighted by atomic mass is 10.1. The minimum absolute atomic E-state index is 0.0862. The zero-order valence-electron chi connectivity index (χ0n) is 14.7. The Hall–Kier alpha value is -2.40. The van der Waals surface area contributed by atoms with Gasteiger partial charge in [-0.2, -0.15) is 0 Å². The Labute approximate surface area is 147 Å². The van der Waals surface area contributed by atoms with Gasteiger partial charge in [-0.05, 0) is 48.9 Å². The molecule has 0 N–H and O–H groups in total. The van der Waals surface area contributed by atoms with E-state index in [1.165, 1.54) is 7.11 Å². The first-order valence-electron chi connectivity index (χ1n) is 8.47. The smallest absolute Gasteiger partial charge is 0.165 e. The van der Waals surface area contributed by atoms with E-state index >= 15 is 0 Å². The van der Waals surface area contributed by atoms with Crippen LogP contribution in [0.3, 0.4) is 0 Å². The normalized spacial score (nSPS) is 15.2. The molecule has 0 bridgehead atoms. The van der Waals surface area contributed by atoms with Gasteiger partial charge in [-0.25, -0.2) is 4.39 Å². The number of ether oxygens (including phenoxy) is 1. The monoisotopic (exact) mass is 342 g/mol. The molecule has 1 aliphatic heterocycles. The molecule has 0 atom stereocenters. The van der Waals surface area contributed by atoms with E-state index in [1.54, 1.807) is 19.1 Å². The highest BCUT2D eigenvalue weighted by Gasteiger charge is 2.18. The Balaban J connectivity index is 1.56. The lowest BCUT2D eigenvalue weighted by Crippen LogP contribution is -2.45. The molecule has 1 fully saturated rings. The van der Waals surface area contributed by atoms with Gasteiger partial charge in [-0.3, -0.25) is 9.69 Å². The van der Waals surface area contributed by atoms with E-state index in [0.29, 0.717) is 0 Å². The maximum Gasteiger partial charge on any atom is 0.165 e. The SMILES string of the molecule is COc1ccc(CN2CCN(c3ccc(C(C)=O)cc3)CC2)cc1F. The molecule has 1 saturated heterocycles. The van der Waals surface area contributed by atoms with E-state index < -0.39 is 0 Å². The molecular formula is C20H23FN2O2. The maximum atomic E-state index is 13.8. The number of carbonyl (C=O) groups excluding carboxylic acids is 1. The third-order valence-corrected chi connectivity index (χ3v) is 4.63. The van der Waals surface area contributed by atoms with Crippen molar-refractivity contribution in [1.29, 1.82) is 0 Å². The van der Waals surface area contributed by atoms with Gasteiger partial charge in [0.1, 0.15) is 0 Å². The van der Waals surface area contributed by atoms with Gasteiger partial charge in [0, 0.05) is 44.0 Å². The molecule has 0 unspecified atom stereocenters. The molecule has 132 valence electrons. The molecule has 25 heavy (non-hydrogen) atoms. The van der Waals surface area contributed by atoms with Gasteiger partial charge < -0.3 is 9.64 Å². The molecule has 2 aromatic rings. The largest absolute Gasteiger partial charge is 0.494 e. The van der Waals surface area contributed by atoms with Crippen molar-refractivity contribution in [3.8, 4) is 5.75 Å². The summed E-state index contributed by atoms with van der Waals surface area (Å²) in [6.45, 7) is 5.98. The van der Waals surface area contributed by atoms with Crippen LogP contribution in [0.15, 0.2) is 42.5 Å². The summed E-state index contributed by atoms with van der Waals surface area (Å²) in [6, 6.07) is 12.9. The number of hydrogen-bond acceptors (Lipinski definition) is 4. The van der Waals surface area contributed by atoms with Crippen molar-refractivity contribution in [2.24, 2.45) is 0 Å². The zero-order chi connectivity index (χ0) is 17.8. The van der Waals surface area contributed by atoms with Crippen LogP contribution >= 0.6 is 0 Å². The molecule has 0 spiro atoms. The van der Waals surface area contributed by atoms with Crippen molar-refractivity contribution in [1.82, 2.24) is 4.90 Å². The predicted molar refractivity (Wildman–Crippen MR) is 96.9 cm³/mol. The zero-order valence-corrected chi connectivity index (χ0v) is 14.7. The number of rotatable bonds is 5. The summed E-state index contributed by atoms with van der Waals surface area (Å²) in [7, 11) is 1.47. The summed E-state index contributed by atoms with van der Waals surface area (Å²) >= 11 is 0. The van der Waals surface area contributed by atoms with Crippen LogP contribution in [0, 0.1) is 5.82 Å². The number of hydrogen-bond donors (Lipinski definition) is 0. The van der Waals surface area contributed by atoms with Crippen molar-refractivity contribution >= 4 is 11.5 Å². The van der Waals surface area contributed by atoms with Crippen molar-refractivity contribution < 1.29 is 13.9 Å². The van der Waals surface area contributed by atoms with Crippen LogP contribution in [-0.4, -0.2) is 44.0 Å². The van der Waals surface area contributed by atoms with Crippen LogP contribution in [0.1, 0.15) is 22.8 Å². The van der Waals surface area contributed by atoms with Gasteiger partial charge in [0.25, 0.3) is 0 Å². The molecule has 2 aromatic carbocycles. The Bertz CT molecular complexity index is 738. The number of carbonyl (C=O) groups is 1. The van der Waals surface area contributed by atoms with E-state index in [4.69, 9.17) is 4.74 Å². The number of benzene rings is 2. The molecular weight excluding hydrogens is 319 g/mol. The molecule has 0 amide bonds. The fourth-order valence-corrected chi connectivity index (χ4v) is 3.14. The van der Waals surface area contributed by atoms with Crippen molar-refractivity contribution in [3.63, 3.8) is 0 Å².